The number of aliphatic imine (C=N–C) groups is 1. The van der Waals surface area contributed by atoms with Gasteiger partial charge in [-0.1, -0.05) is 0 Å². The molecule has 0 saturated carbocycles. The maximum atomic E-state index is 14.8. The van der Waals surface area contributed by atoms with Gasteiger partial charge in [0.2, 0.25) is 0 Å². The molecule has 1 aromatic heterocycles. The minimum atomic E-state index is -0.207. The summed E-state index contributed by atoms with van der Waals surface area (Å²) in [5.41, 5.74) is 5.23. The van der Waals surface area contributed by atoms with Gasteiger partial charge in [-0.15, -0.1) is 0 Å². The van der Waals surface area contributed by atoms with Gasteiger partial charge in [0, 0.05) is 36.0 Å². The van der Waals surface area contributed by atoms with Gasteiger partial charge in [0.1, 0.15) is 17.3 Å². The first-order valence-electron chi connectivity index (χ1n) is 9.31. The van der Waals surface area contributed by atoms with E-state index in [2.05, 4.69) is 4.98 Å². The highest BCUT2D eigenvalue weighted by molar-refractivity contribution is 5.97. The number of nitrogens with zero attached hydrogens (tertiary/aromatic N) is 2. The van der Waals surface area contributed by atoms with Gasteiger partial charge in [-0.05, 0) is 65.6 Å². The molecule has 5 rings (SSSR count). The van der Waals surface area contributed by atoms with Crippen LogP contribution in [0.25, 0.3) is 11.1 Å². The van der Waals surface area contributed by atoms with Crippen LogP contribution in [0.3, 0.4) is 0 Å². The second-order valence-corrected chi connectivity index (χ2v) is 7.16. The fourth-order valence-corrected chi connectivity index (χ4v) is 3.93. The summed E-state index contributed by atoms with van der Waals surface area (Å²) in [4.78, 5) is 8.81. The first-order chi connectivity index (χ1) is 13.7. The Balaban J connectivity index is 1.44. The molecule has 3 heterocycles. The molecular formula is C23H19FN2O2. The minimum absolute atomic E-state index is 0.135. The van der Waals surface area contributed by atoms with E-state index in [1.165, 1.54) is 0 Å². The summed E-state index contributed by atoms with van der Waals surface area (Å²) < 4.78 is 26.0. The number of benzene rings is 2. The van der Waals surface area contributed by atoms with Crippen molar-refractivity contribution in [1.29, 1.82) is 0 Å². The zero-order valence-electron chi connectivity index (χ0n) is 15.5. The Bertz CT molecular complexity index is 1080. The van der Waals surface area contributed by atoms with Crippen molar-refractivity contribution in [3.8, 4) is 22.6 Å². The maximum absolute atomic E-state index is 14.8. The van der Waals surface area contributed by atoms with E-state index in [0.29, 0.717) is 18.6 Å². The molecule has 0 fully saturated rings. The van der Waals surface area contributed by atoms with Gasteiger partial charge in [0.25, 0.3) is 0 Å². The molecule has 5 heteroatoms. The number of hydrogen-bond acceptors (Lipinski definition) is 4. The molecule has 1 unspecified atom stereocenters. The normalized spacial score (nSPS) is 17.4. The van der Waals surface area contributed by atoms with Crippen LogP contribution >= 0.6 is 0 Å². The summed E-state index contributed by atoms with van der Waals surface area (Å²) in [7, 11) is 1.66. The van der Waals surface area contributed by atoms with Gasteiger partial charge in [0.15, 0.2) is 0 Å². The van der Waals surface area contributed by atoms with E-state index in [0.717, 1.165) is 46.0 Å². The Kier molecular flexibility index (Phi) is 4.08. The van der Waals surface area contributed by atoms with Gasteiger partial charge in [-0.3, -0.25) is 9.98 Å². The van der Waals surface area contributed by atoms with Gasteiger partial charge in [0.05, 0.1) is 19.4 Å². The SMILES string of the molecule is COc1ccc2c(c1)CC(C1=Nc3cc(-c4ccncc4)cc(F)c3C1)CO2. The second kappa shape index (κ2) is 6.75. The lowest BCUT2D eigenvalue weighted by atomic mass is 9.90. The van der Waals surface area contributed by atoms with Crippen LogP contribution < -0.4 is 9.47 Å². The molecule has 140 valence electrons. The molecule has 0 aliphatic carbocycles. The first-order valence-corrected chi connectivity index (χ1v) is 9.31. The molecule has 1 atom stereocenters. The fraction of sp³-hybridized carbons (Fsp3) is 0.217. The Morgan fingerprint density at radius 1 is 1.07 bits per heavy atom. The van der Waals surface area contributed by atoms with Crippen LogP contribution in [0.2, 0.25) is 0 Å². The number of halogens is 1. The average molecular weight is 374 g/mol. The van der Waals surface area contributed by atoms with Crippen molar-refractivity contribution < 1.29 is 13.9 Å². The lowest BCUT2D eigenvalue weighted by Gasteiger charge is -2.25. The van der Waals surface area contributed by atoms with Crippen molar-refractivity contribution in [1.82, 2.24) is 4.98 Å². The van der Waals surface area contributed by atoms with E-state index in [9.17, 15) is 4.39 Å². The molecule has 0 amide bonds. The third-order valence-electron chi connectivity index (χ3n) is 5.45. The Hall–Kier alpha value is -3.21. The van der Waals surface area contributed by atoms with E-state index in [1.807, 2.05) is 36.4 Å². The zero-order valence-corrected chi connectivity index (χ0v) is 15.5. The van der Waals surface area contributed by atoms with Crippen LogP contribution in [-0.4, -0.2) is 24.4 Å². The van der Waals surface area contributed by atoms with Crippen molar-refractivity contribution in [2.24, 2.45) is 10.9 Å². The van der Waals surface area contributed by atoms with Crippen LogP contribution in [0.5, 0.6) is 11.5 Å². The average Bonchev–Trinajstić information content (AvgIpc) is 3.18. The lowest BCUT2D eigenvalue weighted by Crippen LogP contribution is -2.28. The summed E-state index contributed by atoms with van der Waals surface area (Å²) in [6.45, 7) is 0.560. The highest BCUT2D eigenvalue weighted by Gasteiger charge is 2.29. The molecule has 2 aliphatic heterocycles. The molecule has 0 saturated heterocycles. The molecule has 0 N–H and O–H groups in total. The molecule has 4 nitrogen and oxygen atoms in total. The van der Waals surface area contributed by atoms with Gasteiger partial charge < -0.3 is 9.47 Å². The molecule has 2 aliphatic rings. The van der Waals surface area contributed by atoms with E-state index >= 15 is 0 Å². The zero-order chi connectivity index (χ0) is 19.1. The quantitative estimate of drug-likeness (QED) is 0.663. The number of hydrogen-bond donors (Lipinski definition) is 0. The molecular weight excluding hydrogens is 355 g/mol. The van der Waals surface area contributed by atoms with E-state index in [1.54, 1.807) is 25.6 Å². The van der Waals surface area contributed by atoms with E-state index in [4.69, 9.17) is 14.5 Å². The molecule has 0 bridgehead atoms. The predicted molar refractivity (Wildman–Crippen MR) is 106 cm³/mol. The van der Waals surface area contributed by atoms with Crippen LogP contribution in [0.15, 0.2) is 59.9 Å². The highest BCUT2D eigenvalue weighted by Crippen LogP contribution is 2.38. The van der Waals surface area contributed by atoms with Crippen molar-refractivity contribution in [2.75, 3.05) is 13.7 Å². The van der Waals surface area contributed by atoms with Gasteiger partial charge in [-0.25, -0.2) is 4.39 Å². The lowest BCUT2D eigenvalue weighted by molar-refractivity contribution is 0.257. The fourth-order valence-electron chi connectivity index (χ4n) is 3.93. The monoisotopic (exact) mass is 374 g/mol. The third-order valence-corrected chi connectivity index (χ3v) is 5.45. The Labute approximate surface area is 162 Å². The Morgan fingerprint density at radius 2 is 1.93 bits per heavy atom. The Morgan fingerprint density at radius 3 is 2.75 bits per heavy atom. The number of pyridine rings is 1. The van der Waals surface area contributed by atoms with Crippen LogP contribution in [0.1, 0.15) is 11.1 Å². The van der Waals surface area contributed by atoms with Crippen LogP contribution in [-0.2, 0) is 12.8 Å². The van der Waals surface area contributed by atoms with Gasteiger partial charge >= 0.3 is 0 Å². The number of aromatic nitrogens is 1. The largest absolute Gasteiger partial charge is 0.497 e. The summed E-state index contributed by atoms with van der Waals surface area (Å²) in [5.74, 6) is 1.63. The third kappa shape index (κ3) is 2.93. The standard InChI is InChI=1S/C23H19FN2O2/c1-27-18-2-3-23-16(9-18)8-17(13-28-23)21-12-19-20(24)10-15(11-22(19)26-21)14-4-6-25-7-5-14/h2-7,9-11,17H,8,12-13H2,1H3. The van der Waals surface area contributed by atoms with Crippen molar-refractivity contribution in [2.45, 2.75) is 12.8 Å². The summed E-state index contributed by atoms with van der Waals surface area (Å²) in [6.07, 6.45) is 4.77. The highest BCUT2D eigenvalue weighted by atomic mass is 19.1. The van der Waals surface area contributed by atoms with Crippen LogP contribution in [0, 0.1) is 11.7 Å². The second-order valence-electron chi connectivity index (χ2n) is 7.16. The summed E-state index contributed by atoms with van der Waals surface area (Å²) in [5, 5.41) is 0. The van der Waals surface area contributed by atoms with Crippen molar-refractivity contribution in [3.05, 3.63) is 71.8 Å². The number of fused-ring (bicyclic) bond motifs is 2. The molecule has 3 aromatic rings. The topological polar surface area (TPSA) is 43.7 Å². The summed E-state index contributed by atoms with van der Waals surface area (Å²) in [6, 6.07) is 13.1. The van der Waals surface area contributed by atoms with E-state index in [-0.39, 0.29) is 11.7 Å². The number of ether oxygens (including phenoxy) is 2. The maximum Gasteiger partial charge on any atom is 0.129 e. The van der Waals surface area contributed by atoms with E-state index < -0.39 is 0 Å². The predicted octanol–water partition coefficient (Wildman–Crippen LogP) is 4.78. The number of rotatable bonds is 3. The molecule has 28 heavy (non-hydrogen) atoms. The number of methoxy groups -OCH3 is 1. The van der Waals surface area contributed by atoms with Crippen molar-refractivity contribution in [3.63, 3.8) is 0 Å². The smallest absolute Gasteiger partial charge is 0.129 e. The van der Waals surface area contributed by atoms with Crippen LogP contribution in [0.4, 0.5) is 10.1 Å². The molecule has 0 spiro atoms. The van der Waals surface area contributed by atoms with Crippen molar-refractivity contribution >= 4 is 11.4 Å². The van der Waals surface area contributed by atoms with Gasteiger partial charge in [-0.2, -0.15) is 0 Å². The molecule has 2 aromatic carbocycles. The summed E-state index contributed by atoms with van der Waals surface area (Å²) >= 11 is 0. The first kappa shape index (κ1) is 16.9. The molecule has 0 radical (unpaired) electrons. The minimum Gasteiger partial charge on any atom is -0.497 e.